The zero-order valence-electron chi connectivity index (χ0n) is 21.2. The third kappa shape index (κ3) is 7.50. The molecule has 2 aromatic heterocycles. The Balaban J connectivity index is 1.08. The van der Waals surface area contributed by atoms with Crippen molar-refractivity contribution in [3.8, 4) is 11.4 Å². The molecule has 1 aliphatic rings. The second-order valence-corrected chi connectivity index (χ2v) is 10.8. The maximum absolute atomic E-state index is 12.6. The van der Waals surface area contributed by atoms with Gasteiger partial charge in [0.2, 0.25) is 11.1 Å². The van der Waals surface area contributed by atoms with Crippen molar-refractivity contribution in [2.75, 3.05) is 24.2 Å². The highest BCUT2D eigenvalue weighted by Gasteiger charge is 2.24. The third-order valence-electron chi connectivity index (χ3n) is 6.04. The average Bonchev–Trinajstić information content (AvgIpc) is 3.71. The molecule has 2 N–H and O–H groups in total. The molecule has 10 nitrogen and oxygen atoms in total. The summed E-state index contributed by atoms with van der Waals surface area (Å²) in [4.78, 5) is 28.9. The zero-order chi connectivity index (χ0) is 27.9. The molecular weight excluding hydrogens is 573 g/mol. The Hall–Kier alpha value is -3.67. The Kier molecular flexibility index (Phi) is 9.15. The Morgan fingerprint density at radius 1 is 1.05 bits per heavy atom. The SMILES string of the molecule is O=C(COc1ccc(NC(=O)CSc2nnnn2-c2ccc(C3CC3)cc2Cl)c(Cl)c1)NCCc1ccccn1. The van der Waals surface area contributed by atoms with Crippen LogP contribution in [0.2, 0.25) is 10.0 Å². The van der Waals surface area contributed by atoms with Crippen molar-refractivity contribution in [3.63, 3.8) is 0 Å². The summed E-state index contributed by atoms with van der Waals surface area (Å²) in [6.45, 7) is 0.290. The molecule has 0 atom stereocenters. The number of thioether (sulfide) groups is 1. The fraction of sp³-hybridized carbons (Fsp3) is 0.259. The summed E-state index contributed by atoms with van der Waals surface area (Å²) >= 11 is 14.0. The molecule has 0 bridgehead atoms. The molecule has 2 heterocycles. The number of amides is 2. The maximum atomic E-state index is 12.6. The van der Waals surface area contributed by atoms with Crippen LogP contribution < -0.4 is 15.4 Å². The molecule has 40 heavy (non-hydrogen) atoms. The van der Waals surface area contributed by atoms with Crippen LogP contribution >= 0.6 is 35.0 Å². The first kappa shape index (κ1) is 27.9. The number of carbonyl (C=O) groups is 2. The molecule has 2 aromatic carbocycles. The van der Waals surface area contributed by atoms with Gasteiger partial charge < -0.3 is 15.4 Å². The van der Waals surface area contributed by atoms with Gasteiger partial charge in [-0.2, -0.15) is 4.68 Å². The summed E-state index contributed by atoms with van der Waals surface area (Å²) in [7, 11) is 0. The molecule has 0 unspecified atom stereocenters. The number of rotatable bonds is 12. The Morgan fingerprint density at radius 2 is 1.93 bits per heavy atom. The summed E-state index contributed by atoms with van der Waals surface area (Å²) in [5.74, 6) is 0.478. The van der Waals surface area contributed by atoms with Crippen LogP contribution in [0.4, 0.5) is 5.69 Å². The Labute approximate surface area is 244 Å². The van der Waals surface area contributed by atoms with Crippen molar-refractivity contribution in [2.45, 2.75) is 30.3 Å². The van der Waals surface area contributed by atoms with Crippen molar-refractivity contribution in [3.05, 3.63) is 82.1 Å². The topological polar surface area (TPSA) is 124 Å². The highest BCUT2D eigenvalue weighted by Crippen LogP contribution is 2.41. The number of anilines is 1. The summed E-state index contributed by atoms with van der Waals surface area (Å²) in [6.07, 6.45) is 4.70. The Morgan fingerprint density at radius 3 is 2.67 bits per heavy atom. The van der Waals surface area contributed by atoms with Crippen LogP contribution in [0.1, 0.15) is 30.0 Å². The van der Waals surface area contributed by atoms with E-state index in [-0.39, 0.29) is 29.2 Å². The number of nitrogens with zero attached hydrogens (tertiary/aromatic N) is 5. The second-order valence-electron chi connectivity index (χ2n) is 9.05. The number of tetrazole rings is 1. The minimum Gasteiger partial charge on any atom is -0.484 e. The van der Waals surface area contributed by atoms with Gasteiger partial charge in [0, 0.05) is 30.9 Å². The summed E-state index contributed by atoms with van der Waals surface area (Å²) in [5, 5.41) is 18.6. The zero-order valence-corrected chi connectivity index (χ0v) is 23.5. The van der Waals surface area contributed by atoms with Crippen LogP contribution in [0.15, 0.2) is 66.0 Å². The molecule has 1 saturated carbocycles. The number of aromatic nitrogens is 5. The van der Waals surface area contributed by atoms with E-state index in [1.165, 1.54) is 34.8 Å². The van der Waals surface area contributed by atoms with Crippen molar-refractivity contribution in [1.82, 2.24) is 30.5 Å². The minimum atomic E-state index is -0.294. The molecule has 2 amide bonds. The molecule has 1 fully saturated rings. The van der Waals surface area contributed by atoms with Crippen molar-refractivity contribution in [2.24, 2.45) is 0 Å². The van der Waals surface area contributed by atoms with Crippen LogP contribution in [0.25, 0.3) is 5.69 Å². The van der Waals surface area contributed by atoms with E-state index in [2.05, 4.69) is 31.1 Å². The molecule has 0 aliphatic heterocycles. The molecular formula is C27H25Cl2N7O3S. The van der Waals surface area contributed by atoms with Gasteiger partial charge in [0.25, 0.3) is 5.91 Å². The molecule has 5 rings (SSSR count). The molecule has 13 heteroatoms. The van der Waals surface area contributed by atoms with E-state index < -0.39 is 0 Å². The molecule has 206 valence electrons. The fourth-order valence-electron chi connectivity index (χ4n) is 3.86. The van der Waals surface area contributed by atoms with Gasteiger partial charge in [-0.1, -0.05) is 47.1 Å². The third-order valence-corrected chi connectivity index (χ3v) is 7.57. The predicted molar refractivity (Wildman–Crippen MR) is 153 cm³/mol. The first-order chi connectivity index (χ1) is 19.5. The number of pyridine rings is 1. The maximum Gasteiger partial charge on any atom is 0.257 e. The number of carbonyl (C=O) groups excluding carboxylic acids is 2. The second kappa shape index (κ2) is 13.1. The van der Waals surface area contributed by atoms with Crippen LogP contribution in [0.3, 0.4) is 0 Å². The van der Waals surface area contributed by atoms with E-state index in [9.17, 15) is 9.59 Å². The standard InChI is InChI=1S/C27H25Cl2N7O3S/c28-21-14-20(39-15-25(37)31-12-10-19-3-1-2-11-30-19)7-8-23(21)32-26(38)16-40-27-33-34-35-36(27)24-9-6-18(13-22(24)29)17-4-5-17/h1-3,6-9,11,13-14,17H,4-5,10,12,15-16H2,(H,31,37)(H,32,38). The van der Waals surface area contributed by atoms with Gasteiger partial charge in [0.15, 0.2) is 6.61 Å². The lowest BCUT2D eigenvalue weighted by atomic mass is 10.1. The monoisotopic (exact) mass is 597 g/mol. The number of ether oxygens (including phenoxy) is 1. The van der Waals surface area contributed by atoms with Crippen molar-refractivity contribution in [1.29, 1.82) is 0 Å². The van der Waals surface area contributed by atoms with E-state index in [1.807, 2.05) is 36.4 Å². The van der Waals surface area contributed by atoms with E-state index in [4.69, 9.17) is 27.9 Å². The van der Waals surface area contributed by atoms with Gasteiger partial charge in [-0.05, 0) is 71.1 Å². The first-order valence-corrected chi connectivity index (χ1v) is 14.3. The van der Waals surface area contributed by atoms with Crippen LogP contribution in [-0.2, 0) is 16.0 Å². The average molecular weight is 599 g/mol. The molecule has 1 aliphatic carbocycles. The van der Waals surface area contributed by atoms with E-state index >= 15 is 0 Å². The van der Waals surface area contributed by atoms with Gasteiger partial charge in [-0.25, -0.2) is 0 Å². The van der Waals surface area contributed by atoms with E-state index in [1.54, 1.807) is 24.4 Å². The lowest BCUT2D eigenvalue weighted by Crippen LogP contribution is -2.30. The van der Waals surface area contributed by atoms with Gasteiger partial charge in [0.1, 0.15) is 5.75 Å². The lowest BCUT2D eigenvalue weighted by molar-refractivity contribution is -0.123. The number of halogens is 2. The van der Waals surface area contributed by atoms with Gasteiger partial charge in [-0.3, -0.25) is 14.6 Å². The highest BCUT2D eigenvalue weighted by molar-refractivity contribution is 7.99. The molecule has 0 spiro atoms. The fourth-order valence-corrected chi connectivity index (χ4v) is 5.04. The quantitative estimate of drug-likeness (QED) is 0.225. The van der Waals surface area contributed by atoms with Crippen molar-refractivity contribution < 1.29 is 14.3 Å². The van der Waals surface area contributed by atoms with E-state index in [0.717, 1.165) is 5.69 Å². The first-order valence-electron chi connectivity index (χ1n) is 12.6. The summed E-state index contributed by atoms with van der Waals surface area (Å²) in [6, 6.07) is 16.3. The van der Waals surface area contributed by atoms with Crippen molar-refractivity contribution >= 4 is 52.5 Å². The highest BCUT2D eigenvalue weighted by atomic mass is 35.5. The van der Waals surface area contributed by atoms with Crippen LogP contribution in [0, 0.1) is 0 Å². The largest absolute Gasteiger partial charge is 0.484 e. The predicted octanol–water partition coefficient (Wildman–Crippen LogP) is 4.71. The molecule has 0 radical (unpaired) electrons. The smallest absolute Gasteiger partial charge is 0.257 e. The van der Waals surface area contributed by atoms with Crippen LogP contribution in [-0.4, -0.2) is 55.9 Å². The number of hydrogen-bond acceptors (Lipinski definition) is 8. The molecule has 4 aromatic rings. The van der Waals surface area contributed by atoms with Gasteiger partial charge in [-0.15, -0.1) is 5.10 Å². The summed E-state index contributed by atoms with van der Waals surface area (Å²) < 4.78 is 7.05. The van der Waals surface area contributed by atoms with Gasteiger partial charge >= 0.3 is 0 Å². The summed E-state index contributed by atoms with van der Waals surface area (Å²) in [5.41, 5.74) is 3.17. The van der Waals surface area contributed by atoms with Crippen LogP contribution in [0.5, 0.6) is 5.75 Å². The number of hydrogen-bond donors (Lipinski definition) is 2. The number of nitrogens with one attached hydrogen (secondary N) is 2. The minimum absolute atomic E-state index is 0.0470. The Bertz CT molecular complexity index is 1500. The number of benzene rings is 2. The lowest BCUT2D eigenvalue weighted by Gasteiger charge is -2.11. The molecule has 0 saturated heterocycles. The normalized spacial score (nSPS) is 12.7. The van der Waals surface area contributed by atoms with E-state index in [0.29, 0.717) is 46.2 Å². The van der Waals surface area contributed by atoms with Gasteiger partial charge in [0.05, 0.1) is 27.2 Å².